The second-order valence-electron chi connectivity index (χ2n) is 5.53. The number of nitrogens with two attached hydrogens (primary N) is 1. The van der Waals surface area contributed by atoms with Crippen molar-refractivity contribution in [1.82, 2.24) is 14.9 Å². The average molecular weight is 391 g/mol. The van der Waals surface area contributed by atoms with Crippen LogP contribution in [0.1, 0.15) is 17.7 Å². The minimum atomic E-state index is 0.0773. The Labute approximate surface area is 161 Å². The first kappa shape index (κ1) is 18.4. The van der Waals surface area contributed by atoms with E-state index in [2.05, 4.69) is 17.1 Å². The van der Waals surface area contributed by atoms with E-state index in [1.54, 1.807) is 14.2 Å². The summed E-state index contributed by atoms with van der Waals surface area (Å²) in [5.41, 5.74) is 1.81. The molecule has 0 saturated carbocycles. The second kappa shape index (κ2) is 7.88. The maximum absolute atomic E-state index is 6.27. The number of halogens is 1. The molecule has 6 nitrogen and oxygen atoms in total. The highest BCUT2D eigenvalue weighted by Gasteiger charge is 2.18. The molecule has 1 atom stereocenters. The van der Waals surface area contributed by atoms with E-state index in [1.807, 2.05) is 42.5 Å². The molecule has 3 aromatic rings. The molecule has 0 saturated heterocycles. The smallest absolute Gasteiger partial charge is 0.210 e. The second-order valence-corrected chi connectivity index (χ2v) is 7.24. The lowest BCUT2D eigenvalue weighted by Crippen LogP contribution is -2.12. The number of aromatic nitrogens is 3. The molecule has 0 bridgehead atoms. The third kappa shape index (κ3) is 3.59. The molecule has 8 heteroatoms. The normalized spacial score (nSPS) is 12.0. The molecular weight excluding hydrogens is 372 g/mol. The quantitative estimate of drug-likeness (QED) is 0.502. The first-order valence-corrected chi connectivity index (χ1v) is 9.15. The Kier molecular flexibility index (Phi) is 5.58. The van der Waals surface area contributed by atoms with E-state index in [0.29, 0.717) is 22.5 Å². The van der Waals surface area contributed by atoms with Gasteiger partial charge >= 0.3 is 0 Å². The molecule has 0 radical (unpaired) electrons. The van der Waals surface area contributed by atoms with E-state index in [4.69, 9.17) is 26.9 Å². The Hall–Kier alpha value is -2.38. The lowest BCUT2D eigenvalue weighted by molar-refractivity contribution is 0.355. The van der Waals surface area contributed by atoms with E-state index in [1.165, 1.54) is 16.4 Å². The Morgan fingerprint density at radius 3 is 2.50 bits per heavy atom. The van der Waals surface area contributed by atoms with Crippen LogP contribution in [-0.2, 0) is 0 Å². The van der Waals surface area contributed by atoms with Crippen molar-refractivity contribution in [2.45, 2.75) is 17.3 Å². The summed E-state index contributed by atoms with van der Waals surface area (Å²) >= 11 is 7.77. The Balaban J connectivity index is 1.88. The lowest BCUT2D eigenvalue weighted by atomic mass is 10.2. The van der Waals surface area contributed by atoms with Crippen LogP contribution < -0.4 is 15.3 Å². The summed E-state index contributed by atoms with van der Waals surface area (Å²) in [7, 11) is 3.18. The van der Waals surface area contributed by atoms with Crippen LogP contribution >= 0.6 is 23.4 Å². The molecule has 2 N–H and O–H groups in total. The molecule has 0 aliphatic heterocycles. The van der Waals surface area contributed by atoms with Crippen LogP contribution in [-0.4, -0.2) is 29.1 Å². The molecular formula is C18H19ClN4O2S. The highest BCUT2D eigenvalue weighted by atomic mass is 35.5. The topological polar surface area (TPSA) is 75.2 Å². The zero-order valence-electron chi connectivity index (χ0n) is 14.6. The van der Waals surface area contributed by atoms with Crippen molar-refractivity contribution in [3.63, 3.8) is 0 Å². The fourth-order valence-corrected chi connectivity index (χ4v) is 3.86. The first-order valence-electron chi connectivity index (χ1n) is 7.89. The van der Waals surface area contributed by atoms with Gasteiger partial charge in [-0.1, -0.05) is 41.6 Å². The Morgan fingerprint density at radius 1 is 1.08 bits per heavy atom. The molecule has 136 valence electrons. The first-order chi connectivity index (χ1) is 12.5. The van der Waals surface area contributed by atoms with E-state index in [-0.39, 0.29) is 5.25 Å². The number of thioether (sulfide) groups is 1. The lowest BCUT2D eigenvalue weighted by Gasteiger charge is -2.13. The van der Waals surface area contributed by atoms with Gasteiger partial charge in [0.2, 0.25) is 5.16 Å². The van der Waals surface area contributed by atoms with Gasteiger partial charge in [-0.3, -0.25) is 0 Å². The molecule has 26 heavy (non-hydrogen) atoms. The number of methoxy groups -OCH3 is 2. The molecule has 0 aliphatic rings. The monoisotopic (exact) mass is 390 g/mol. The van der Waals surface area contributed by atoms with Gasteiger partial charge in [0.1, 0.15) is 0 Å². The van der Waals surface area contributed by atoms with Crippen molar-refractivity contribution < 1.29 is 9.47 Å². The summed E-state index contributed by atoms with van der Waals surface area (Å²) in [6, 6.07) is 13.2. The fraction of sp³-hybridized carbons (Fsp3) is 0.222. The largest absolute Gasteiger partial charge is 0.493 e. The number of ether oxygens (including phenoxy) is 2. The van der Waals surface area contributed by atoms with Crippen LogP contribution in [0.5, 0.6) is 11.5 Å². The van der Waals surface area contributed by atoms with Crippen LogP contribution in [0, 0.1) is 0 Å². The SMILES string of the molecule is COc1ccc(-c2nnc(SC(C)c3ccccc3Cl)n2N)cc1OC. The van der Waals surface area contributed by atoms with Crippen LogP contribution in [0.15, 0.2) is 47.6 Å². The summed E-state index contributed by atoms with van der Waals surface area (Å²) in [5.74, 6) is 8.01. The number of nitrogens with zero attached hydrogens (tertiary/aromatic N) is 3. The zero-order valence-corrected chi connectivity index (χ0v) is 16.2. The van der Waals surface area contributed by atoms with Gasteiger partial charge < -0.3 is 15.3 Å². The van der Waals surface area contributed by atoms with E-state index < -0.39 is 0 Å². The molecule has 2 aromatic carbocycles. The number of benzene rings is 2. The van der Waals surface area contributed by atoms with Gasteiger partial charge in [0.05, 0.1) is 14.2 Å². The van der Waals surface area contributed by atoms with Crippen molar-refractivity contribution >= 4 is 23.4 Å². The summed E-state index contributed by atoms with van der Waals surface area (Å²) in [5, 5.41) is 9.84. The van der Waals surface area contributed by atoms with Crippen molar-refractivity contribution in [2.75, 3.05) is 20.1 Å². The van der Waals surface area contributed by atoms with Crippen LogP contribution in [0.25, 0.3) is 11.4 Å². The van der Waals surface area contributed by atoms with Gasteiger partial charge in [-0.25, -0.2) is 4.68 Å². The zero-order chi connectivity index (χ0) is 18.7. The van der Waals surface area contributed by atoms with Crippen molar-refractivity contribution in [2.24, 2.45) is 0 Å². The van der Waals surface area contributed by atoms with Crippen LogP contribution in [0.2, 0.25) is 5.02 Å². The van der Waals surface area contributed by atoms with Crippen LogP contribution in [0.3, 0.4) is 0 Å². The van der Waals surface area contributed by atoms with E-state index in [0.717, 1.165) is 16.1 Å². The molecule has 0 spiro atoms. The average Bonchev–Trinajstić information content (AvgIpc) is 3.01. The maximum atomic E-state index is 6.27. The Bertz CT molecular complexity index is 916. The number of nitrogen functional groups attached to an aromatic ring is 1. The molecule has 3 rings (SSSR count). The molecule has 0 aliphatic carbocycles. The van der Waals surface area contributed by atoms with Crippen molar-refractivity contribution in [1.29, 1.82) is 0 Å². The minimum absolute atomic E-state index is 0.0773. The van der Waals surface area contributed by atoms with Gasteiger partial charge in [-0.15, -0.1) is 10.2 Å². The molecule has 0 amide bonds. The predicted octanol–water partition coefficient (Wildman–Crippen LogP) is 4.18. The van der Waals surface area contributed by atoms with Gasteiger partial charge in [-0.2, -0.15) is 0 Å². The third-order valence-corrected chi connectivity index (χ3v) is 5.37. The van der Waals surface area contributed by atoms with Crippen molar-refractivity contribution in [3.8, 4) is 22.9 Å². The fourth-order valence-electron chi connectivity index (χ4n) is 2.56. The standard InChI is InChI=1S/C18H19ClN4O2S/c1-11(13-6-4-5-7-14(13)19)26-18-22-21-17(23(18)20)12-8-9-15(24-2)16(10-12)25-3/h4-11H,20H2,1-3H3. The minimum Gasteiger partial charge on any atom is -0.493 e. The molecule has 1 heterocycles. The summed E-state index contributed by atoms with van der Waals surface area (Å²) in [4.78, 5) is 0. The number of hydrogen-bond acceptors (Lipinski definition) is 6. The van der Waals surface area contributed by atoms with Gasteiger partial charge in [-0.05, 0) is 36.8 Å². The van der Waals surface area contributed by atoms with E-state index in [9.17, 15) is 0 Å². The van der Waals surface area contributed by atoms with E-state index >= 15 is 0 Å². The highest BCUT2D eigenvalue weighted by molar-refractivity contribution is 7.99. The molecule has 1 aromatic heterocycles. The van der Waals surface area contributed by atoms with Gasteiger partial charge in [0.15, 0.2) is 17.3 Å². The summed E-state index contributed by atoms with van der Waals surface area (Å²) in [6.45, 7) is 2.05. The van der Waals surface area contributed by atoms with Gasteiger partial charge in [0, 0.05) is 15.8 Å². The number of rotatable bonds is 6. The maximum Gasteiger partial charge on any atom is 0.210 e. The Morgan fingerprint density at radius 2 is 1.81 bits per heavy atom. The third-order valence-electron chi connectivity index (χ3n) is 3.93. The molecule has 0 fully saturated rings. The molecule has 1 unspecified atom stereocenters. The summed E-state index contributed by atoms with van der Waals surface area (Å²) < 4.78 is 12.1. The van der Waals surface area contributed by atoms with Crippen molar-refractivity contribution in [3.05, 3.63) is 53.1 Å². The predicted molar refractivity (Wildman–Crippen MR) is 104 cm³/mol. The van der Waals surface area contributed by atoms with Gasteiger partial charge in [0.25, 0.3) is 0 Å². The number of hydrogen-bond donors (Lipinski definition) is 1. The highest BCUT2D eigenvalue weighted by Crippen LogP contribution is 2.38. The summed E-state index contributed by atoms with van der Waals surface area (Å²) in [6.07, 6.45) is 0. The van der Waals surface area contributed by atoms with Crippen LogP contribution in [0.4, 0.5) is 0 Å².